The Kier molecular flexibility index (Phi) is 4.98. The van der Waals surface area contributed by atoms with Crippen molar-refractivity contribution in [3.63, 3.8) is 0 Å². The van der Waals surface area contributed by atoms with E-state index in [9.17, 15) is 18.4 Å². The van der Waals surface area contributed by atoms with Gasteiger partial charge in [0.05, 0.1) is 5.69 Å². The number of fused-ring (bicyclic) bond motifs is 1. The molecule has 2 aromatic carbocycles. The number of anilines is 1. The van der Waals surface area contributed by atoms with E-state index in [0.29, 0.717) is 17.0 Å². The van der Waals surface area contributed by atoms with Crippen molar-refractivity contribution >= 4 is 17.5 Å². The fourth-order valence-corrected chi connectivity index (χ4v) is 3.81. The number of halogens is 2. The van der Waals surface area contributed by atoms with Crippen LogP contribution in [0.15, 0.2) is 36.4 Å². The first kappa shape index (κ1) is 18.4. The molecule has 0 spiro atoms. The quantitative estimate of drug-likeness (QED) is 0.868. The predicted octanol–water partition coefficient (Wildman–Crippen LogP) is 3.88. The molecule has 1 saturated carbocycles. The maximum absolute atomic E-state index is 14.2. The number of hydrogen-bond donors (Lipinski definition) is 1. The molecular weight excluding hydrogens is 366 g/mol. The lowest BCUT2D eigenvalue weighted by atomic mass is 10.1. The first-order chi connectivity index (χ1) is 13.5. The van der Waals surface area contributed by atoms with Gasteiger partial charge in [-0.25, -0.2) is 8.78 Å². The minimum Gasteiger partial charge on any atom is -0.482 e. The summed E-state index contributed by atoms with van der Waals surface area (Å²) in [5.74, 6) is -1.14. The Bertz CT molecular complexity index is 926. The van der Waals surface area contributed by atoms with Crippen molar-refractivity contribution in [2.24, 2.45) is 0 Å². The molecule has 1 N–H and O–H groups in total. The average Bonchev–Trinajstić information content (AvgIpc) is 3.22. The van der Waals surface area contributed by atoms with Crippen LogP contribution >= 0.6 is 0 Å². The van der Waals surface area contributed by atoms with Gasteiger partial charge >= 0.3 is 0 Å². The predicted molar refractivity (Wildman–Crippen MR) is 99.1 cm³/mol. The molecule has 0 atom stereocenters. The summed E-state index contributed by atoms with van der Waals surface area (Å²) in [5.41, 5.74) is 0.952. The van der Waals surface area contributed by atoms with Crippen molar-refractivity contribution < 1.29 is 23.1 Å². The first-order valence-electron chi connectivity index (χ1n) is 9.33. The maximum Gasteiger partial charge on any atom is 0.262 e. The standard InChI is InChI=1S/C21H20F2N2O3/c22-15-6-7-17(23)14(9-15)11-25(16-3-1-2-4-16)21(27)13-5-8-19-18(10-13)24-20(26)12-28-19/h5-10,16H,1-4,11-12H2,(H,24,26). The molecule has 1 fully saturated rings. The molecule has 2 aromatic rings. The SMILES string of the molecule is O=C1COc2ccc(C(=O)N(Cc3cc(F)ccc3F)C3CCCC3)cc2N1. The van der Waals surface area contributed by atoms with E-state index in [1.807, 2.05) is 0 Å². The summed E-state index contributed by atoms with van der Waals surface area (Å²) in [6, 6.07) is 8.07. The second kappa shape index (κ2) is 7.58. The van der Waals surface area contributed by atoms with Crippen molar-refractivity contribution in [2.75, 3.05) is 11.9 Å². The molecule has 0 saturated heterocycles. The van der Waals surface area contributed by atoms with Gasteiger partial charge in [-0.15, -0.1) is 0 Å². The molecule has 28 heavy (non-hydrogen) atoms. The molecule has 146 valence electrons. The van der Waals surface area contributed by atoms with Gasteiger partial charge < -0.3 is 15.0 Å². The van der Waals surface area contributed by atoms with Crippen LogP contribution in [0.25, 0.3) is 0 Å². The van der Waals surface area contributed by atoms with Crippen molar-refractivity contribution in [1.29, 1.82) is 0 Å². The molecule has 0 radical (unpaired) electrons. The van der Waals surface area contributed by atoms with Gasteiger partial charge in [0.2, 0.25) is 0 Å². The lowest BCUT2D eigenvalue weighted by molar-refractivity contribution is -0.118. The number of rotatable bonds is 4. The highest BCUT2D eigenvalue weighted by Crippen LogP contribution is 2.31. The fraction of sp³-hybridized carbons (Fsp3) is 0.333. The van der Waals surface area contributed by atoms with E-state index >= 15 is 0 Å². The zero-order chi connectivity index (χ0) is 19.7. The summed E-state index contributed by atoms with van der Waals surface area (Å²) in [5, 5.41) is 2.69. The highest BCUT2D eigenvalue weighted by Gasteiger charge is 2.29. The van der Waals surface area contributed by atoms with Crippen molar-refractivity contribution in [1.82, 2.24) is 4.90 Å². The Morgan fingerprint density at radius 3 is 2.71 bits per heavy atom. The van der Waals surface area contributed by atoms with Crippen LogP contribution in [0.4, 0.5) is 14.5 Å². The minimum atomic E-state index is -0.539. The zero-order valence-corrected chi connectivity index (χ0v) is 15.2. The number of hydrogen-bond acceptors (Lipinski definition) is 3. The molecule has 1 aliphatic carbocycles. The number of carbonyl (C=O) groups is 2. The summed E-state index contributed by atoms with van der Waals surface area (Å²) in [6.45, 7) is -0.0691. The molecule has 0 bridgehead atoms. The lowest BCUT2D eigenvalue weighted by Gasteiger charge is -2.30. The number of nitrogens with one attached hydrogen (secondary N) is 1. The number of carbonyl (C=O) groups excluding carboxylic acids is 2. The van der Waals surface area contributed by atoms with E-state index in [2.05, 4.69) is 5.32 Å². The van der Waals surface area contributed by atoms with Crippen LogP contribution in [-0.4, -0.2) is 29.4 Å². The van der Waals surface area contributed by atoms with E-state index in [0.717, 1.165) is 43.9 Å². The van der Waals surface area contributed by atoms with E-state index < -0.39 is 11.6 Å². The summed E-state index contributed by atoms with van der Waals surface area (Å²) in [4.78, 5) is 26.4. The zero-order valence-electron chi connectivity index (χ0n) is 15.2. The third-order valence-corrected chi connectivity index (χ3v) is 5.23. The van der Waals surface area contributed by atoms with E-state index in [1.54, 1.807) is 23.1 Å². The topological polar surface area (TPSA) is 58.6 Å². The Balaban J connectivity index is 1.64. The Morgan fingerprint density at radius 1 is 1.14 bits per heavy atom. The maximum atomic E-state index is 14.2. The van der Waals surface area contributed by atoms with Gasteiger partial charge in [-0.05, 0) is 49.2 Å². The smallest absolute Gasteiger partial charge is 0.262 e. The van der Waals surface area contributed by atoms with Gasteiger partial charge in [0.25, 0.3) is 11.8 Å². The second-order valence-electron chi connectivity index (χ2n) is 7.15. The number of amides is 2. The van der Waals surface area contributed by atoms with Crippen molar-refractivity contribution in [3.05, 3.63) is 59.2 Å². The third kappa shape index (κ3) is 3.69. The highest BCUT2D eigenvalue weighted by atomic mass is 19.1. The summed E-state index contributed by atoms with van der Waals surface area (Å²) < 4.78 is 33.1. The van der Waals surface area contributed by atoms with E-state index in [-0.39, 0.29) is 36.6 Å². The van der Waals surface area contributed by atoms with Crippen LogP contribution in [0.1, 0.15) is 41.6 Å². The highest BCUT2D eigenvalue weighted by molar-refractivity contribution is 6.00. The Labute approximate surface area is 161 Å². The first-order valence-corrected chi connectivity index (χ1v) is 9.33. The van der Waals surface area contributed by atoms with E-state index in [1.165, 1.54) is 0 Å². The number of ether oxygens (including phenoxy) is 1. The molecule has 2 aliphatic rings. The normalized spacial score (nSPS) is 16.3. The Morgan fingerprint density at radius 2 is 1.93 bits per heavy atom. The van der Waals surface area contributed by atoms with Gasteiger partial charge in [-0.2, -0.15) is 0 Å². The van der Waals surface area contributed by atoms with Gasteiger partial charge in [0, 0.05) is 23.7 Å². The molecule has 1 aliphatic heterocycles. The monoisotopic (exact) mass is 386 g/mol. The van der Waals surface area contributed by atoms with Gasteiger partial charge in [-0.1, -0.05) is 12.8 Å². The molecule has 0 unspecified atom stereocenters. The van der Waals surface area contributed by atoms with Crippen molar-refractivity contribution in [3.8, 4) is 5.75 Å². The number of benzene rings is 2. The molecule has 7 heteroatoms. The van der Waals surface area contributed by atoms with Crippen LogP contribution in [0.5, 0.6) is 5.75 Å². The summed E-state index contributed by atoms with van der Waals surface area (Å²) in [6.07, 6.45) is 3.64. The van der Waals surface area contributed by atoms with Gasteiger partial charge in [-0.3, -0.25) is 9.59 Å². The second-order valence-corrected chi connectivity index (χ2v) is 7.15. The Hall–Kier alpha value is -2.96. The van der Waals surface area contributed by atoms with Crippen LogP contribution < -0.4 is 10.1 Å². The summed E-state index contributed by atoms with van der Waals surface area (Å²) >= 11 is 0. The van der Waals surface area contributed by atoms with Gasteiger partial charge in [0.1, 0.15) is 17.4 Å². The van der Waals surface area contributed by atoms with Crippen molar-refractivity contribution in [2.45, 2.75) is 38.3 Å². The molecular formula is C21H20F2N2O3. The van der Waals surface area contributed by atoms with Crippen LogP contribution in [-0.2, 0) is 11.3 Å². The largest absolute Gasteiger partial charge is 0.482 e. The molecule has 1 heterocycles. The average molecular weight is 386 g/mol. The third-order valence-electron chi connectivity index (χ3n) is 5.23. The number of nitrogens with zero attached hydrogens (tertiary/aromatic N) is 1. The fourth-order valence-electron chi connectivity index (χ4n) is 3.81. The molecule has 0 aromatic heterocycles. The van der Waals surface area contributed by atoms with Crippen LogP contribution in [0.2, 0.25) is 0 Å². The molecule has 5 nitrogen and oxygen atoms in total. The lowest BCUT2D eigenvalue weighted by Crippen LogP contribution is -2.38. The van der Waals surface area contributed by atoms with E-state index in [4.69, 9.17) is 4.74 Å². The molecule has 2 amide bonds. The van der Waals surface area contributed by atoms with Gasteiger partial charge in [0.15, 0.2) is 6.61 Å². The summed E-state index contributed by atoms with van der Waals surface area (Å²) in [7, 11) is 0. The molecule has 4 rings (SSSR count). The minimum absolute atomic E-state index is 0.00691. The van der Waals surface area contributed by atoms with Crippen LogP contribution in [0, 0.1) is 11.6 Å². The van der Waals surface area contributed by atoms with Crippen LogP contribution in [0.3, 0.4) is 0 Å².